The minimum atomic E-state index is 0.635. The predicted molar refractivity (Wildman–Crippen MR) is 174 cm³/mol. The molecule has 8 aromatic rings. The maximum Gasteiger partial charge on any atom is 0.161 e. The second-order valence-electron chi connectivity index (χ2n) is 10.5. The molecule has 3 aromatic heterocycles. The van der Waals surface area contributed by atoms with Gasteiger partial charge in [-0.25, -0.2) is 9.97 Å². The highest BCUT2D eigenvalue weighted by atomic mass is 16.3. The molecule has 0 radical (unpaired) electrons. The molecule has 0 aliphatic heterocycles. The molecular weight excluding hydrogens is 526 g/mol. The van der Waals surface area contributed by atoms with Crippen LogP contribution in [0.15, 0.2) is 156 Å². The van der Waals surface area contributed by atoms with E-state index in [1.54, 1.807) is 6.20 Å². The van der Waals surface area contributed by atoms with E-state index in [-0.39, 0.29) is 0 Å². The quantitative estimate of drug-likeness (QED) is 0.214. The van der Waals surface area contributed by atoms with Gasteiger partial charge in [0.1, 0.15) is 11.2 Å². The smallest absolute Gasteiger partial charge is 0.161 e. The third-order valence-electron chi connectivity index (χ3n) is 7.78. The summed E-state index contributed by atoms with van der Waals surface area (Å²) >= 11 is 0. The number of nitrogens with zero attached hydrogens (tertiary/aromatic N) is 3. The lowest BCUT2D eigenvalue weighted by Crippen LogP contribution is -1.96. The zero-order chi connectivity index (χ0) is 28.6. The highest BCUT2D eigenvalue weighted by Gasteiger charge is 2.15. The standard InChI is InChI=1S/C39H25N3O/c1-2-10-26(11-3-1)27-12-6-14-29(22-27)35-24-36(42-39(41-35)31-16-9-21-40-25-31)30-15-7-13-28(23-30)32-18-8-19-34-33-17-4-5-20-37(33)43-38(32)34/h1-25H. The first-order chi connectivity index (χ1) is 21.3. The summed E-state index contributed by atoms with van der Waals surface area (Å²) in [6.45, 7) is 0. The van der Waals surface area contributed by atoms with Gasteiger partial charge in [-0.05, 0) is 53.1 Å². The van der Waals surface area contributed by atoms with E-state index in [1.165, 1.54) is 5.56 Å². The SMILES string of the molecule is c1ccc(-c2cccc(-c3cc(-c4cccc(-c5cccc6c5oc5ccccc56)c4)nc(-c4cccnc4)n3)c2)cc1. The summed E-state index contributed by atoms with van der Waals surface area (Å²) in [5.41, 5.74) is 10.8. The lowest BCUT2D eigenvalue weighted by atomic mass is 9.98. The van der Waals surface area contributed by atoms with Crippen LogP contribution in [0, 0.1) is 0 Å². The van der Waals surface area contributed by atoms with Crippen molar-refractivity contribution in [2.24, 2.45) is 0 Å². The van der Waals surface area contributed by atoms with Gasteiger partial charge in [-0.15, -0.1) is 0 Å². The van der Waals surface area contributed by atoms with Crippen LogP contribution in [-0.2, 0) is 0 Å². The molecule has 4 heteroatoms. The fourth-order valence-electron chi connectivity index (χ4n) is 5.68. The Labute approximate surface area is 249 Å². The van der Waals surface area contributed by atoms with Crippen molar-refractivity contribution >= 4 is 21.9 Å². The molecule has 43 heavy (non-hydrogen) atoms. The van der Waals surface area contributed by atoms with Crippen LogP contribution in [0.25, 0.3) is 78.1 Å². The first-order valence-electron chi connectivity index (χ1n) is 14.3. The number of pyridine rings is 1. The second-order valence-corrected chi connectivity index (χ2v) is 10.5. The van der Waals surface area contributed by atoms with E-state index in [4.69, 9.17) is 14.4 Å². The average Bonchev–Trinajstić information content (AvgIpc) is 3.48. The van der Waals surface area contributed by atoms with Crippen LogP contribution in [0.5, 0.6) is 0 Å². The fourth-order valence-corrected chi connectivity index (χ4v) is 5.68. The van der Waals surface area contributed by atoms with Gasteiger partial charge in [0, 0.05) is 45.4 Å². The number of benzene rings is 5. The molecule has 0 fully saturated rings. The molecule has 0 aliphatic carbocycles. The molecule has 0 amide bonds. The van der Waals surface area contributed by atoms with Crippen LogP contribution in [-0.4, -0.2) is 15.0 Å². The molecule has 4 nitrogen and oxygen atoms in total. The van der Waals surface area contributed by atoms with E-state index in [0.717, 1.165) is 66.7 Å². The van der Waals surface area contributed by atoms with Crippen molar-refractivity contribution in [1.29, 1.82) is 0 Å². The molecule has 0 spiro atoms. The van der Waals surface area contributed by atoms with Crippen LogP contribution >= 0.6 is 0 Å². The molecule has 0 atom stereocenters. The molecule has 0 unspecified atom stereocenters. The summed E-state index contributed by atoms with van der Waals surface area (Å²) < 4.78 is 6.35. The summed E-state index contributed by atoms with van der Waals surface area (Å²) in [6, 6.07) is 47.9. The van der Waals surface area contributed by atoms with E-state index in [9.17, 15) is 0 Å². The van der Waals surface area contributed by atoms with Crippen molar-refractivity contribution in [1.82, 2.24) is 15.0 Å². The molecule has 0 saturated heterocycles. The van der Waals surface area contributed by atoms with Gasteiger partial charge in [0.25, 0.3) is 0 Å². The number of hydrogen-bond donors (Lipinski definition) is 0. The van der Waals surface area contributed by atoms with E-state index in [0.29, 0.717) is 5.82 Å². The van der Waals surface area contributed by atoms with Gasteiger partial charge in [-0.1, -0.05) is 103 Å². The maximum absolute atomic E-state index is 6.35. The van der Waals surface area contributed by atoms with Gasteiger partial charge in [0.05, 0.1) is 11.4 Å². The lowest BCUT2D eigenvalue weighted by molar-refractivity contribution is 0.670. The van der Waals surface area contributed by atoms with Crippen LogP contribution in [0.2, 0.25) is 0 Å². The number of aromatic nitrogens is 3. The van der Waals surface area contributed by atoms with Gasteiger partial charge in [0.2, 0.25) is 0 Å². The maximum atomic E-state index is 6.35. The minimum Gasteiger partial charge on any atom is -0.455 e. The Morgan fingerprint density at radius 3 is 1.86 bits per heavy atom. The third kappa shape index (κ3) is 4.65. The van der Waals surface area contributed by atoms with Gasteiger partial charge < -0.3 is 4.42 Å². The molecule has 0 N–H and O–H groups in total. The predicted octanol–water partition coefficient (Wildman–Crippen LogP) is 10.1. The second kappa shape index (κ2) is 10.5. The first kappa shape index (κ1) is 24.9. The van der Waals surface area contributed by atoms with E-state index < -0.39 is 0 Å². The summed E-state index contributed by atoms with van der Waals surface area (Å²) in [5.74, 6) is 0.635. The van der Waals surface area contributed by atoms with Gasteiger partial charge >= 0.3 is 0 Å². The molecule has 3 heterocycles. The fraction of sp³-hybridized carbons (Fsp3) is 0. The Balaban J connectivity index is 1.28. The Bertz CT molecular complexity index is 2240. The molecule has 5 aromatic carbocycles. The highest BCUT2D eigenvalue weighted by molar-refractivity contribution is 6.09. The van der Waals surface area contributed by atoms with E-state index in [2.05, 4.69) is 108 Å². The Morgan fingerprint density at radius 1 is 0.442 bits per heavy atom. The number of rotatable bonds is 5. The number of furan rings is 1. The average molecular weight is 552 g/mol. The Morgan fingerprint density at radius 2 is 1.07 bits per heavy atom. The summed E-state index contributed by atoms with van der Waals surface area (Å²) in [4.78, 5) is 14.4. The summed E-state index contributed by atoms with van der Waals surface area (Å²) in [5, 5.41) is 2.23. The van der Waals surface area contributed by atoms with E-state index in [1.807, 2.05) is 42.6 Å². The number of hydrogen-bond acceptors (Lipinski definition) is 4. The number of fused-ring (bicyclic) bond motifs is 3. The monoisotopic (exact) mass is 551 g/mol. The van der Waals surface area contributed by atoms with Crippen LogP contribution in [0.3, 0.4) is 0 Å². The molecular formula is C39H25N3O. The number of para-hydroxylation sites is 2. The lowest BCUT2D eigenvalue weighted by Gasteiger charge is -2.11. The molecule has 8 rings (SSSR count). The molecule has 202 valence electrons. The van der Waals surface area contributed by atoms with Crippen molar-refractivity contribution < 1.29 is 4.42 Å². The Hall–Kier alpha value is -5.87. The van der Waals surface area contributed by atoms with Gasteiger partial charge in [-0.3, -0.25) is 4.98 Å². The van der Waals surface area contributed by atoms with Crippen molar-refractivity contribution in [3.05, 3.63) is 152 Å². The third-order valence-corrected chi connectivity index (χ3v) is 7.78. The normalized spacial score (nSPS) is 11.3. The topological polar surface area (TPSA) is 51.8 Å². The molecule has 0 saturated carbocycles. The van der Waals surface area contributed by atoms with Crippen LogP contribution in [0.4, 0.5) is 0 Å². The van der Waals surface area contributed by atoms with Crippen molar-refractivity contribution in [2.75, 3.05) is 0 Å². The van der Waals surface area contributed by atoms with Crippen molar-refractivity contribution in [2.45, 2.75) is 0 Å². The van der Waals surface area contributed by atoms with Crippen molar-refractivity contribution in [3.8, 4) is 56.2 Å². The summed E-state index contributed by atoms with van der Waals surface area (Å²) in [6.07, 6.45) is 3.57. The zero-order valence-corrected chi connectivity index (χ0v) is 23.2. The van der Waals surface area contributed by atoms with Crippen molar-refractivity contribution in [3.63, 3.8) is 0 Å². The minimum absolute atomic E-state index is 0.635. The Kier molecular flexibility index (Phi) is 6.08. The first-order valence-corrected chi connectivity index (χ1v) is 14.3. The zero-order valence-electron chi connectivity index (χ0n) is 23.2. The van der Waals surface area contributed by atoms with Gasteiger partial charge in [0.15, 0.2) is 5.82 Å². The van der Waals surface area contributed by atoms with Crippen LogP contribution in [0.1, 0.15) is 0 Å². The largest absolute Gasteiger partial charge is 0.455 e. The van der Waals surface area contributed by atoms with E-state index >= 15 is 0 Å². The summed E-state index contributed by atoms with van der Waals surface area (Å²) in [7, 11) is 0. The molecule has 0 aliphatic rings. The highest BCUT2D eigenvalue weighted by Crippen LogP contribution is 2.37. The van der Waals surface area contributed by atoms with Gasteiger partial charge in [-0.2, -0.15) is 0 Å². The van der Waals surface area contributed by atoms with Crippen LogP contribution < -0.4 is 0 Å². The molecule has 0 bridgehead atoms.